The Bertz CT molecular complexity index is 670. The summed E-state index contributed by atoms with van der Waals surface area (Å²) < 4.78 is 0. The Balaban J connectivity index is 2.28. The molecule has 3 heterocycles. The van der Waals surface area contributed by atoms with E-state index < -0.39 is 0 Å². The molecule has 0 fully saturated rings. The lowest BCUT2D eigenvalue weighted by Crippen LogP contribution is -1.98. The minimum Gasteiger partial charge on any atom is -0.368 e. The predicted octanol–water partition coefficient (Wildman–Crippen LogP) is 1.31. The van der Waals surface area contributed by atoms with Crippen LogP contribution in [0, 0.1) is 6.92 Å². The minimum atomic E-state index is 0.208. The van der Waals surface area contributed by atoms with E-state index in [-0.39, 0.29) is 5.95 Å². The van der Waals surface area contributed by atoms with Crippen LogP contribution in [0.2, 0.25) is 0 Å². The summed E-state index contributed by atoms with van der Waals surface area (Å²) >= 11 is 0. The normalized spacial score (nSPS) is 10.9. The number of H-pyrrole nitrogens is 1. The number of nitrogens with two attached hydrogens (primary N) is 1. The van der Waals surface area contributed by atoms with Crippen molar-refractivity contribution in [2.45, 2.75) is 6.92 Å². The standard InChI is InChI=1S/C11H10N6/c1-6-2-3-7(4-13-6)8-9-10(15-5-14-9)17-11(12)16-8/h2-5H,1H3,(H3,12,14,15,16,17). The lowest BCUT2D eigenvalue weighted by Gasteiger charge is -2.03. The van der Waals surface area contributed by atoms with Gasteiger partial charge in [0.1, 0.15) is 11.2 Å². The van der Waals surface area contributed by atoms with Crippen LogP contribution in [-0.4, -0.2) is 24.9 Å². The number of nitrogen functional groups attached to an aromatic ring is 1. The number of nitrogens with zero attached hydrogens (tertiary/aromatic N) is 4. The number of rotatable bonds is 1. The van der Waals surface area contributed by atoms with Crippen LogP contribution in [-0.2, 0) is 0 Å². The second-order valence-corrected chi connectivity index (χ2v) is 3.72. The zero-order valence-electron chi connectivity index (χ0n) is 9.18. The van der Waals surface area contributed by atoms with Gasteiger partial charge in [0.15, 0.2) is 5.65 Å². The smallest absolute Gasteiger partial charge is 0.222 e. The van der Waals surface area contributed by atoms with E-state index in [1.165, 1.54) is 0 Å². The van der Waals surface area contributed by atoms with Crippen molar-refractivity contribution in [3.63, 3.8) is 0 Å². The zero-order valence-corrected chi connectivity index (χ0v) is 9.18. The summed E-state index contributed by atoms with van der Waals surface area (Å²) in [4.78, 5) is 19.6. The van der Waals surface area contributed by atoms with Gasteiger partial charge in [0.25, 0.3) is 0 Å². The van der Waals surface area contributed by atoms with Gasteiger partial charge in [0.05, 0.1) is 6.33 Å². The van der Waals surface area contributed by atoms with E-state index in [4.69, 9.17) is 5.73 Å². The van der Waals surface area contributed by atoms with Crippen LogP contribution < -0.4 is 5.73 Å². The number of pyridine rings is 1. The molecule has 0 saturated heterocycles. The van der Waals surface area contributed by atoms with E-state index in [0.717, 1.165) is 22.5 Å². The highest BCUT2D eigenvalue weighted by molar-refractivity contribution is 5.87. The molecule has 0 amide bonds. The fraction of sp³-hybridized carbons (Fsp3) is 0.0909. The number of hydrogen-bond donors (Lipinski definition) is 2. The van der Waals surface area contributed by atoms with Crippen molar-refractivity contribution in [1.82, 2.24) is 24.9 Å². The van der Waals surface area contributed by atoms with Gasteiger partial charge in [-0.05, 0) is 19.1 Å². The van der Waals surface area contributed by atoms with Crippen molar-refractivity contribution in [3.05, 3.63) is 30.4 Å². The monoisotopic (exact) mass is 226 g/mol. The Morgan fingerprint density at radius 3 is 2.82 bits per heavy atom. The topological polar surface area (TPSA) is 93.4 Å². The van der Waals surface area contributed by atoms with Crippen molar-refractivity contribution in [2.24, 2.45) is 0 Å². The number of aromatic amines is 1. The molecule has 0 aliphatic rings. The number of imidazole rings is 1. The van der Waals surface area contributed by atoms with Gasteiger partial charge in [-0.1, -0.05) is 0 Å². The molecule has 0 bridgehead atoms. The van der Waals surface area contributed by atoms with Crippen LogP contribution in [0.5, 0.6) is 0 Å². The van der Waals surface area contributed by atoms with Gasteiger partial charge in [-0.2, -0.15) is 4.98 Å². The maximum atomic E-state index is 5.65. The average molecular weight is 226 g/mol. The maximum Gasteiger partial charge on any atom is 0.222 e. The fourth-order valence-corrected chi connectivity index (χ4v) is 1.67. The SMILES string of the molecule is Cc1ccc(-c2nc(N)nc3nc[nH]c23)cn1. The number of fused-ring (bicyclic) bond motifs is 1. The molecule has 0 aliphatic heterocycles. The number of anilines is 1. The van der Waals surface area contributed by atoms with Crippen LogP contribution in [0.25, 0.3) is 22.4 Å². The summed E-state index contributed by atoms with van der Waals surface area (Å²) in [6, 6.07) is 3.88. The molecule has 3 aromatic rings. The summed E-state index contributed by atoms with van der Waals surface area (Å²) in [6.07, 6.45) is 3.33. The van der Waals surface area contributed by atoms with E-state index in [9.17, 15) is 0 Å². The lowest BCUT2D eigenvalue weighted by atomic mass is 10.2. The van der Waals surface area contributed by atoms with Crippen LogP contribution in [0.1, 0.15) is 5.69 Å². The highest BCUT2D eigenvalue weighted by atomic mass is 15.1. The van der Waals surface area contributed by atoms with E-state index >= 15 is 0 Å². The molecule has 3 rings (SSSR count). The second-order valence-electron chi connectivity index (χ2n) is 3.72. The van der Waals surface area contributed by atoms with Gasteiger partial charge in [-0.25, -0.2) is 9.97 Å². The van der Waals surface area contributed by atoms with Gasteiger partial charge in [0.2, 0.25) is 5.95 Å². The highest BCUT2D eigenvalue weighted by Crippen LogP contribution is 2.23. The van der Waals surface area contributed by atoms with E-state index in [1.807, 2.05) is 19.1 Å². The van der Waals surface area contributed by atoms with Crippen molar-refractivity contribution >= 4 is 17.1 Å². The summed E-state index contributed by atoms with van der Waals surface area (Å²) in [7, 11) is 0. The molecule has 0 radical (unpaired) electrons. The molecule has 6 nitrogen and oxygen atoms in total. The van der Waals surface area contributed by atoms with E-state index in [2.05, 4.69) is 24.9 Å². The van der Waals surface area contributed by atoms with Crippen LogP contribution in [0.3, 0.4) is 0 Å². The number of hydrogen-bond acceptors (Lipinski definition) is 5. The van der Waals surface area contributed by atoms with Gasteiger partial charge >= 0.3 is 0 Å². The number of aromatic nitrogens is 5. The molecule has 0 saturated carbocycles. The predicted molar refractivity (Wildman–Crippen MR) is 64.1 cm³/mol. The third-order valence-electron chi connectivity index (χ3n) is 2.49. The van der Waals surface area contributed by atoms with Crippen molar-refractivity contribution < 1.29 is 0 Å². The minimum absolute atomic E-state index is 0.208. The third-order valence-corrected chi connectivity index (χ3v) is 2.49. The molecule has 0 spiro atoms. The molecule has 17 heavy (non-hydrogen) atoms. The first kappa shape index (κ1) is 9.71. The molecular formula is C11H10N6. The summed E-state index contributed by atoms with van der Waals surface area (Å²) in [5.74, 6) is 0.208. The Morgan fingerprint density at radius 1 is 1.18 bits per heavy atom. The van der Waals surface area contributed by atoms with Gasteiger partial charge in [-0.3, -0.25) is 4.98 Å². The lowest BCUT2D eigenvalue weighted by molar-refractivity contribution is 1.18. The molecule has 0 atom stereocenters. The number of nitrogens with one attached hydrogen (secondary N) is 1. The first-order valence-electron chi connectivity index (χ1n) is 5.13. The third kappa shape index (κ3) is 1.59. The van der Waals surface area contributed by atoms with Crippen LogP contribution >= 0.6 is 0 Å². The molecular weight excluding hydrogens is 216 g/mol. The molecule has 6 heteroatoms. The molecule has 3 N–H and O–H groups in total. The molecule has 0 aliphatic carbocycles. The summed E-state index contributed by atoms with van der Waals surface area (Å²) in [6.45, 7) is 1.93. The van der Waals surface area contributed by atoms with Crippen molar-refractivity contribution in [1.29, 1.82) is 0 Å². The number of aryl methyl sites for hydroxylation is 1. The quantitative estimate of drug-likeness (QED) is 0.652. The summed E-state index contributed by atoms with van der Waals surface area (Å²) in [5.41, 5.74) is 9.55. The zero-order chi connectivity index (χ0) is 11.8. The van der Waals surface area contributed by atoms with E-state index in [0.29, 0.717) is 5.65 Å². The van der Waals surface area contributed by atoms with Gasteiger partial charge in [-0.15, -0.1) is 0 Å². The first-order chi connectivity index (χ1) is 8.24. The Labute approximate surface area is 97.0 Å². The largest absolute Gasteiger partial charge is 0.368 e. The van der Waals surface area contributed by atoms with Gasteiger partial charge in [0, 0.05) is 17.5 Å². The molecule has 3 aromatic heterocycles. The summed E-state index contributed by atoms with van der Waals surface area (Å²) in [5, 5.41) is 0. The van der Waals surface area contributed by atoms with Gasteiger partial charge < -0.3 is 10.7 Å². The van der Waals surface area contributed by atoms with E-state index in [1.54, 1.807) is 12.5 Å². The Kier molecular flexibility index (Phi) is 2.01. The average Bonchev–Trinajstić information content (AvgIpc) is 2.77. The van der Waals surface area contributed by atoms with Crippen molar-refractivity contribution in [3.8, 4) is 11.3 Å². The Hall–Kier alpha value is -2.50. The molecule has 0 unspecified atom stereocenters. The van der Waals surface area contributed by atoms with Crippen LogP contribution in [0.15, 0.2) is 24.7 Å². The maximum absolute atomic E-state index is 5.65. The second kappa shape index (κ2) is 3.51. The molecule has 84 valence electrons. The Morgan fingerprint density at radius 2 is 2.06 bits per heavy atom. The van der Waals surface area contributed by atoms with Crippen LogP contribution in [0.4, 0.5) is 5.95 Å². The highest BCUT2D eigenvalue weighted by Gasteiger charge is 2.10. The first-order valence-corrected chi connectivity index (χ1v) is 5.13. The molecule has 0 aromatic carbocycles. The van der Waals surface area contributed by atoms with Crippen molar-refractivity contribution in [2.75, 3.05) is 5.73 Å². The fourth-order valence-electron chi connectivity index (χ4n) is 1.67.